The Bertz CT molecular complexity index is 435. The largest absolute Gasteiger partial charge is 0.508 e. The number of rotatable bonds is 4. The number of aromatic hydroxyl groups is 1. The summed E-state index contributed by atoms with van der Waals surface area (Å²) < 4.78 is 4.98. The summed E-state index contributed by atoms with van der Waals surface area (Å²) in [4.78, 5) is 11.9. The van der Waals surface area contributed by atoms with Crippen molar-refractivity contribution < 1.29 is 19.7 Å². The molecule has 1 aromatic rings. The molecule has 4 heteroatoms. The number of hydrogen-bond donors (Lipinski definition) is 2. The highest BCUT2D eigenvalue weighted by atomic mass is 16.5. The molecule has 0 saturated carbocycles. The van der Waals surface area contributed by atoms with Gasteiger partial charge in [0, 0.05) is 0 Å². The molecule has 0 heterocycles. The summed E-state index contributed by atoms with van der Waals surface area (Å²) in [5.41, 5.74) is -2.07. The molecular weight excluding hydrogens is 232 g/mol. The van der Waals surface area contributed by atoms with Crippen molar-refractivity contribution in [1.82, 2.24) is 0 Å². The number of hydrogen-bond acceptors (Lipinski definition) is 4. The molecule has 1 unspecified atom stereocenters. The van der Waals surface area contributed by atoms with E-state index in [1.54, 1.807) is 39.8 Å². The van der Waals surface area contributed by atoms with Gasteiger partial charge in [-0.3, -0.25) is 4.79 Å². The highest BCUT2D eigenvalue weighted by Crippen LogP contribution is 2.41. The topological polar surface area (TPSA) is 66.8 Å². The van der Waals surface area contributed by atoms with E-state index in [0.29, 0.717) is 5.56 Å². The molecule has 0 spiro atoms. The number of carbonyl (C=O) groups is 1. The standard InChI is InChI=1S/C14H20O4/c1-5-18-12(16)13(2,3)14(4,17)10-7-6-8-11(15)9-10/h6-9,15,17H,5H2,1-4H3. The van der Waals surface area contributed by atoms with Gasteiger partial charge in [0.25, 0.3) is 0 Å². The zero-order valence-electron chi connectivity index (χ0n) is 11.2. The molecule has 0 aromatic heterocycles. The first kappa shape index (κ1) is 14.5. The monoisotopic (exact) mass is 252 g/mol. The molecule has 100 valence electrons. The Morgan fingerprint density at radius 1 is 1.33 bits per heavy atom. The Hall–Kier alpha value is -1.55. The fourth-order valence-electron chi connectivity index (χ4n) is 1.68. The normalized spacial score (nSPS) is 14.9. The van der Waals surface area contributed by atoms with Crippen LogP contribution in [-0.4, -0.2) is 22.8 Å². The molecule has 1 rings (SSSR count). The minimum atomic E-state index is -1.43. The van der Waals surface area contributed by atoms with E-state index in [2.05, 4.69) is 0 Å². The van der Waals surface area contributed by atoms with Crippen LogP contribution < -0.4 is 0 Å². The molecule has 4 nitrogen and oxygen atoms in total. The summed E-state index contributed by atoms with van der Waals surface area (Å²) in [6.07, 6.45) is 0. The summed E-state index contributed by atoms with van der Waals surface area (Å²) in [6.45, 7) is 6.76. The number of phenolic OH excluding ortho intramolecular Hbond substituents is 1. The van der Waals surface area contributed by atoms with Gasteiger partial charge in [0.1, 0.15) is 11.4 Å². The molecule has 0 radical (unpaired) electrons. The van der Waals surface area contributed by atoms with Crippen LogP contribution in [0.25, 0.3) is 0 Å². The van der Waals surface area contributed by atoms with Gasteiger partial charge in [-0.15, -0.1) is 0 Å². The average molecular weight is 252 g/mol. The second-order valence-corrected chi connectivity index (χ2v) is 4.97. The first-order valence-corrected chi connectivity index (χ1v) is 5.92. The van der Waals surface area contributed by atoms with Crippen molar-refractivity contribution in [3.05, 3.63) is 29.8 Å². The molecule has 2 N–H and O–H groups in total. The van der Waals surface area contributed by atoms with Gasteiger partial charge in [-0.25, -0.2) is 0 Å². The summed E-state index contributed by atoms with van der Waals surface area (Å²) in [6, 6.07) is 6.25. The van der Waals surface area contributed by atoms with E-state index in [9.17, 15) is 15.0 Å². The third-order valence-electron chi connectivity index (χ3n) is 3.41. The van der Waals surface area contributed by atoms with E-state index >= 15 is 0 Å². The number of carbonyl (C=O) groups excluding carboxylic acids is 1. The molecule has 0 saturated heterocycles. The van der Waals surface area contributed by atoms with Crippen LogP contribution in [0.15, 0.2) is 24.3 Å². The highest BCUT2D eigenvalue weighted by molar-refractivity contribution is 5.77. The molecule has 0 amide bonds. The first-order valence-electron chi connectivity index (χ1n) is 5.92. The minimum absolute atomic E-state index is 0.0485. The lowest BCUT2D eigenvalue weighted by Crippen LogP contribution is -2.45. The van der Waals surface area contributed by atoms with Crippen molar-refractivity contribution in [3.63, 3.8) is 0 Å². The number of aliphatic hydroxyl groups is 1. The second-order valence-electron chi connectivity index (χ2n) is 4.97. The molecule has 1 aromatic carbocycles. The van der Waals surface area contributed by atoms with Gasteiger partial charge >= 0.3 is 5.97 Å². The third-order valence-corrected chi connectivity index (χ3v) is 3.41. The minimum Gasteiger partial charge on any atom is -0.508 e. The van der Waals surface area contributed by atoms with Crippen LogP contribution >= 0.6 is 0 Å². The van der Waals surface area contributed by atoms with Crippen molar-refractivity contribution in [2.24, 2.45) is 5.41 Å². The first-order chi connectivity index (χ1) is 8.23. The van der Waals surface area contributed by atoms with Crippen molar-refractivity contribution in [2.45, 2.75) is 33.3 Å². The second kappa shape index (κ2) is 4.98. The van der Waals surface area contributed by atoms with E-state index in [-0.39, 0.29) is 12.4 Å². The number of ether oxygens (including phenoxy) is 1. The molecule has 0 aliphatic carbocycles. The Morgan fingerprint density at radius 3 is 2.44 bits per heavy atom. The lowest BCUT2D eigenvalue weighted by atomic mass is 9.72. The van der Waals surface area contributed by atoms with Gasteiger partial charge in [0.15, 0.2) is 0 Å². The predicted molar refractivity (Wildman–Crippen MR) is 68.1 cm³/mol. The lowest BCUT2D eigenvalue weighted by molar-refractivity contribution is -0.170. The van der Waals surface area contributed by atoms with Gasteiger partial charge in [0.2, 0.25) is 0 Å². The van der Waals surface area contributed by atoms with Crippen molar-refractivity contribution in [3.8, 4) is 5.75 Å². The fourth-order valence-corrected chi connectivity index (χ4v) is 1.68. The smallest absolute Gasteiger partial charge is 0.314 e. The van der Waals surface area contributed by atoms with E-state index in [0.717, 1.165) is 0 Å². The number of phenols is 1. The predicted octanol–water partition coefficient (Wildman–Crippen LogP) is 2.19. The molecule has 0 aliphatic rings. The Kier molecular flexibility index (Phi) is 4.02. The van der Waals surface area contributed by atoms with Crippen molar-refractivity contribution in [2.75, 3.05) is 6.61 Å². The highest BCUT2D eigenvalue weighted by Gasteiger charge is 2.47. The van der Waals surface area contributed by atoms with Crippen LogP contribution in [-0.2, 0) is 15.1 Å². The van der Waals surface area contributed by atoms with Crippen molar-refractivity contribution in [1.29, 1.82) is 0 Å². The van der Waals surface area contributed by atoms with Gasteiger partial charge in [-0.05, 0) is 45.4 Å². The quantitative estimate of drug-likeness (QED) is 0.806. The van der Waals surface area contributed by atoms with Crippen molar-refractivity contribution >= 4 is 5.97 Å². The van der Waals surface area contributed by atoms with Crippen LogP contribution in [0.3, 0.4) is 0 Å². The molecule has 0 fully saturated rings. The SMILES string of the molecule is CCOC(=O)C(C)(C)C(C)(O)c1cccc(O)c1. The zero-order chi connectivity index (χ0) is 14.0. The summed E-state index contributed by atoms with van der Waals surface area (Å²) in [5, 5.41) is 20.1. The fraction of sp³-hybridized carbons (Fsp3) is 0.500. The van der Waals surface area contributed by atoms with E-state index < -0.39 is 17.0 Å². The lowest BCUT2D eigenvalue weighted by Gasteiger charge is -2.38. The van der Waals surface area contributed by atoms with Crippen LogP contribution in [0, 0.1) is 5.41 Å². The van der Waals surface area contributed by atoms with E-state index in [1.807, 2.05) is 0 Å². The molecular formula is C14H20O4. The average Bonchev–Trinajstić information content (AvgIpc) is 2.29. The third kappa shape index (κ3) is 2.48. The maximum Gasteiger partial charge on any atom is 0.314 e. The van der Waals surface area contributed by atoms with E-state index in [4.69, 9.17) is 4.74 Å². The number of esters is 1. The van der Waals surface area contributed by atoms with Crippen LogP contribution in [0.2, 0.25) is 0 Å². The Morgan fingerprint density at radius 2 is 1.94 bits per heavy atom. The molecule has 0 aliphatic heterocycles. The summed E-state index contributed by atoms with van der Waals surface area (Å²) >= 11 is 0. The van der Waals surface area contributed by atoms with Gasteiger partial charge in [0.05, 0.1) is 12.0 Å². The zero-order valence-corrected chi connectivity index (χ0v) is 11.2. The molecule has 18 heavy (non-hydrogen) atoms. The van der Waals surface area contributed by atoms with Gasteiger partial charge in [-0.2, -0.15) is 0 Å². The van der Waals surface area contributed by atoms with Gasteiger partial charge in [-0.1, -0.05) is 12.1 Å². The molecule has 0 bridgehead atoms. The van der Waals surface area contributed by atoms with E-state index in [1.165, 1.54) is 12.1 Å². The Balaban J connectivity index is 3.16. The summed E-state index contributed by atoms with van der Waals surface area (Å²) in [5.74, 6) is -0.425. The molecule has 1 atom stereocenters. The maximum absolute atomic E-state index is 11.9. The summed E-state index contributed by atoms with van der Waals surface area (Å²) in [7, 11) is 0. The Labute approximate surface area is 107 Å². The van der Waals surface area contributed by atoms with Crippen LogP contribution in [0.4, 0.5) is 0 Å². The van der Waals surface area contributed by atoms with Gasteiger partial charge < -0.3 is 14.9 Å². The maximum atomic E-state index is 11.9. The number of benzene rings is 1. The van der Waals surface area contributed by atoms with Crippen LogP contribution in [0.5, 0.6) is 5.75 Å². The van der Waals surface area contributed by atoms with Crippen LogP contribution in [0.1, 0.15) is 33.3 Å².